The number of nitrogens with two attached hydrogens (primary N) is 1. The molecule has 1 saturated carbocycles. The van der Waals surface area contributed by atoms with Crippen molar-refractivity contribution in [3.8, 4) is 0 Å². The van der Waals surface area contributed by atoms with E-state index < -0.39 is 0 Å². The van der Waals surface area contributed by atoms with Gasteiger partial charge in [-0.05, 0) is 31.2 Å². The molecular weight excluding hydrogens is 200 g/mol. The summed E-state index contributed by atoms with van der Waals surface area (Å²) in [7, 11) is 2.01. The summed E-state index contributed by atoms with van der Waals surface area (Å²) in [5.41, 5.74) is 5.82. The van der Waals surface area contributed by atoms with E-state index in [1.54, 1.807) is 0 Å². The fraction of sp³-hybridized carbons (Fsp3) is 0.750. The molecule has 0 bridgehead atoms. The number of imidazole rings is 1. The van der Waals surface area contributed by atoms with Gasteiger partial charge in [0.1, 0.15) is 0 Å². The second-order valence-corrected chi connectivity index (χ2v) is 4.78. The monoisotopic (exact) mass is 222 g/mol. The molecule has 3 N–H and O–H groups in total. The highest BCUT2D eigenvalue weighted by Gasteiger charge is 2.23. The van der Waals surface area contributed by atoms with Crippen LogP contribution in [0.1, 0.15) is 25.7 Å². The highest BCUT2D eigenvalue weighted by Crippen LogP contribution is 2.29. The minimum absolute atomic E-state index is 0.696. The van der Waals surface area contributed by atoms with E-state index in [-0.39, 0.29) is 0 Å². The lowest BCUT2D eigenvalue weighted by atomic mass is 9.79. The maximum atomic E-state index is 5.82. The van der Waals surface area contributed by atoms with E-state index in [9.17, 15) is 0 Å². The first-order valence-corrected chi connectivity index (χ1v) is 6.22. The molecule has 4 nitrogen and oxygen atoms in total. The number of aryl methyl sites for hydroxylation is 1. The molecule has 0 aliphatic heterocycles. The van der Waals surface area contributed by atoms with Crippen LogP contribution in [-0.2, 0) is 7.05 Å². The molecule has 0 radical (unpaired) electrons. The molecule has 0 saturated heterocycles. The van der Waals surface area contributed by atoms with Gasteiger partial charge in [-0.3, -0.25) is 0 Å². The third kappa shape index (κ3) is 2.55. The topological polar surface area (TPSA) is 55.9 Å². The summed E-state index contributed by atoms with van der Waals surface area (Å²) in [6.45, 7) is 1.83. The zero-order chi connectivity index (χ0) is 11.4. The fourth-order valence-electron chi connectivity index (χ4n) is 2.62. The summed E-state index contributed by atoms with van der Waals surface area (Å²) in [4.78, 5) is 4.27. The van der Waals surface area contributed by atoms with Crippen LogP contribution >= 0.6 is 0 Å². The smallest absolute Gasteiger partial charge is 0.202 e. The molecular formula is C12H22N4. The molecule has 1 aromatic rings. The first-order valence-electron chi connectivity index (χ1n) is 6.22. The number of anilines is 1. The van der Waals surface area contributed by atoms with E-state index >= 15 is 0 Å². The quantitative estimate of drug-likeness (QED) is 0.813. The normalized spacial score (nSPS) is 25.6. The molecule has 0 spiro atoms. The van der Waals surface area contributed by atoms with Gasteiger partial charge in [0.2, 0.25) is 5.95 Å². The summed E-state index contributed by atoms with van der Waals surface area (Å²) in [5.74, 6) is 2.37. The Kier molecular flexibility index (Phi) is 3.83. The van der Waals surface area contributed by atoms with Crippen molar-refractivity contribution in [2.45, 2.75) is 25.7 Å². The van der Waals surface area contributed by atoms with Crippen LogP contribution < -0.4 is 11.1 Å². The van der Waals surface area contributed by atoms with Crippen molar-refractivity contribution >= 4 is 5.95 Å². The number of rotatable bonds is 4. The van der Waals surface area contributed by atoms with Crippen LogP contribution in [0.3, 0.4) is 0 Å². The number of hydrogen-bond donors (Lipinski definition) is 2. The van der Waals surface area contributed by atoms with Crippen LogP contribution in [0.15, 0.2) is 12.4 Å². The van der Waals surface area contributed by atoms with E-state index in [4.69, 9.17) is 5.73 Å². The molecule has 0 aromatic carbocycles. The van der Waals surface area contributed by atoms with Crippen molar-refractivity contribution < 1.29 is 0 Å². The van der Waals surface area contributed by atoms with E-state index in [0.717, 1.165) is 25.0 Å². The summed E-state index contributed by atoms with van der Waals surface area (Å²) in [5, 5.41) is 3.42. The Bertz CT molecular complexity index is 321. The van der Waals surface area contributed by atoms with Crippen LogP contribution in [-0.4, -0.2) is 22.6 Å². The van der Waals surface area contributed by atoms with Gasteiger partial charge in [-0.2, -0.15) is 0 Å². The predicted octanol–water partition coefficient (Wildman–Crippen LogP) is 1.60. The molecule has 1 aromatic heterocycles. The summed E-state index contributed by atoms with van der Waals surface area (Å²) in [6.07, 6.45) is 9.08. The number of nitrogens with zero attached hydrogens (tertiary/aromatic N) is 2. The maximum Gasteiger partial charge on any atom is 0.202 e. The van der Waals surface area contributed by atoms with Crippen LogP contribution in [0, 0.1) is 11.8 Å². The van der Waals surface area contributed by atoms with Gasteiger partial charge in [-0.1, -0.05) is 12.8 Å². The summed E-state index contributed by atoms with van der Waals surface area (Å²) >= 11 is 0. The van der Waals surface area contributed by atoms with Crippen LogP contribution in [0.25, 0.3) is 0 Å². The van der Waals surface area contributed by atoms with Crippen molar-refractivity contribution in [3.05, 3.63) is 12.4 Å². The van der Waals surface area contributed by atoms with Gasteiger partial charge in [0.05, 0.1) is 0 Å². The van der Waals surface area contributed by atoms with Gasteiger partial charge >= 0.3 is 0 Å². The summed E-state index contributed by atoms with van der Waals surface area (Å²) in [6, 6.07) is 0. The molecule has 2 unspecified atom stereocenters. The van der Waals surface area contributed by atoms with Gasteiger partial charge in [-0.15, -0.1) is 0 Å². The highest BCUT2D eigenvalue weighted by atomic mass is 15.2. The Morgan fingerprint density at radius 1 is 1.44 bits per heavy atom. The first kappa shape index (κ1) is 11.5. The molecule has 2 rings (SSSR count). The SMILES string of the molecule is Cn1ccnc1NCC1CCCCC1CN. The van der Waals surface area contributed by atoms with Crippen LogP contribution in [0.2, 0.25) is 0 Å². The van der Waals surface area contributed by atoms with E-state index in [2.05, 4.69) is 10.3 Å². The van der Waals surface area contributed by atoms with Crippen molar-refractivity contribution in [1.29, 1.82) is 0 Å². The Morgan fingerprint density at radius 2 is 2.19 bits per heavy atom. The van der Waals surface area contributed by atoms with Crippen LogP contribution in [0.4, 0.5) is 5.95 Å². The molecule has 16 heavy (non-hydrogen) atoms. The van der Waals surface area contributed by atoms with Crippen molar-refractivity contribution in [2.75, 3.05) is 18.4 Å². The van der Waals surface area contributed by atoms with Crippen LogP contribution in [0.5, 0.6) is 0 Å². The lowest BCUT2D eigenvalue weighted by Gasteiger charge is -2.30. The van der Waals surface area contributed by atoms with Gasteiger partial charge in [0.15, 0.2) is 0 Å². The Morgan fingerprint density at radius 3 is 2.81 bits per heavy atom. The molecule has 2 atom stereocenters. The first-order chi connectivity index (χ1) is 7.81. The Hall–Kier alpha value is -1.03. The van der Waals surface area contributed by atoms with Crippen molar-refractivity contribution in [3.63, 3.8) is 0 Å². The minimum Gasteiger partial charge on any atom is -0.355 e. The zero-order valence-corrected chi connectivity index (χ0v) is 10.0. The summed E-state index contributed by atoms with van der Waals surface area (Å²) < 4.78 is 2.01. The van der Waals surface area contributed by atoms with Gasteiger partial charge in [0.25, 0.3) is 0 Å². The van der Waals surface area contributed by atoms with Gasteiger partial charge in [-0.25, -0.2) is 4.98 Å². The third-order valence-corrected chi connectivity index (χ3v) is 3.71. The number of hydrogen-bond acceptors (Lipinski definition) is 3. The molecule has 1 fully saturated rings. The number of nitrogens with one attached hydrogen (secondary N) is 1. The lowest BCUT2D eigenvalue weighted by molar-refractivity contribution is 0.255. The fourth-order valence-corrected chi connectivity index (χ4v) is 2.62. The van der Waals surface area contributed by atoms with E-state index in [1.807, 2.05) is 24.0 Å². The van der Waals surface area contributed by atoms with Gasteiger partial charge in [0, 0.05) is 26.0 Å². The third-order valence-electron chi connectivity index (χ3n) is 3.71. The second-order valence-electron chi connectivity index (χ2n) is 4.78. The molecule has 90 valence electrons. The Balaban J connectivity index is 1.86. The largest absolute Gasteiger partial charge is 0.355 e. The average molecular weight is 222 g/mol. The maximum absolute atomic E-state index is 5.82. The number of aromatic nitrogens is 2. The Labute approximate surface area is 97.2 Å². The highest BCUT2D eigenvalue weighted by molar-refractivity contribution is 5.25. The van der Waals surface area contributed by atoms with Gasteiger partial charge < -0.3 is 15.6 Å². The zero-order valence-electron chi connectivity index (χ0n) is 10.0. The van der Waals surface area contributed by atoms with Crippen molar-refractivity contribution in [2.24, 2.45) is 24.6 Å². The average Bonchev–Trinajstić information content (AvgIpc) is 2.72. The molecule has 1 aliphatic carbocycles. The second kappa shape index (κ2) is 5.34. The molecule has 1 heterocycles. The minimum atomic E-state index is 0.696. The molecule has 4 heteroatoms. The standard InChI is InChI=1S/C12H22N4/c1-16-7-6-14-12(16)15-9-11-5-3-2-4-10(11)8-13/h6-7,10-11H,2-5,8-9,13H2,1H3,(H,14,15). The predicted molar refractivity (Wildman–Crippen MR) is 66.2 cm³/mol. The van der Waals surface area contributed by atoms with Crippen molar-refractivity contribution in [1.82, 2.24) is 9.55 Å². The molecule has 0 amide bonds. The lowest BCUT2D eigenvalue weighted by Crippen LogP contribution is -2.31. The van der Waals surface area contributed by atoms with E-state index in [1.165, 1.54) is 25.7 Å². The molecule has 1 aliphatic rings. The van der Waals surface area contributed by atoms with E-state index in [0.29, 0.717) is 5.92 Å².